The molecule has 0 amide bonds. The van der Waals surface area contributed by atoms with E-state index in [-0.39, 0.29) is 5.56 Å². The normalized spacial score (nSPS) is 10.8. The molecule has 0 saturated carbocycles. The average Bonchev–Trinajstić information content (AvgIpc) is 2.47. The number of carboxylic acids is 2. The van der Waals surface area contributed by atoms with Crippen molar-refractivity contribution in [3.8, 4) is 0 Å². The predicted molar refractivity (Wildman–Crippen MR) is 69.7 cm³/mol. The second kappa shape index (κ2) is 8.65. The van der Waals surface area contributed by atoms with Crippen LogP contribution in [0, 0.1) is 0 Å². The number of H-pyrrole nitrogens is 1. The minimum atomic E-state index is -5.08. The van der Waals surface area contributed by atoms with Crippen molar-refractivity contribution in [2.45, 2.75) is 12.4 Å². The van der Waals surface area contributed by atoms with Gasteiger partial charge in [0.25, 0.3) is 5.56 Å². The molecule has 0 saturated heterocycles. The SMILES string of the molecule is O=C(O)C(F)(F)F.O=C(O)C(F)(F)F.O=c1[nH]cnc2ccccc12. The number of aromatic nitrogens is 2. The Morgan fingerprint density at radius 1 is 0.920 bits per heavy atom. The third-order valence-corrected chi connectivity index (χ3v) is 2.03. The second-order valence-corrected chi connectivity index (χ2v) is 3.85. The van der Waals surface area contributed by atoms with Gasteiger partial charge in [0.15, 0.2) is 0 Å². The number of nitrogens with one attached hydrogen (secondary N) is 1. The van der Waals surface area contributed by atoms with Gasteiger partial charge in [-0.15, -0.1) is 0 Å². The fourth-order valence-electron chi connectivity index (χ4n) is 1.02. The molecule has 7 nitrogen and oxygen atoms in total. The van der Waals surface area contributed by atoms with Crippen molar-refractivity contribution < 1.29 is 46.1 Å². The zero-order chi connectivity index (χ0) is 19.8. The van der Waals surface area contributed by atoms with Crippen molar-refractivity contribution in [1.29, 1.82) is 0 Å². The molecule has 1 aromatic heterocycles. The fraction of sp³-hybridized carbons (Fsp3) is 0.167. The maximum Gasteiger partial charge on any atom is 0.490 e. The van der Waals surface area contributed by atoms with E-state index in [4.69, 9.17) is 19.8 Å². The Hall–Kier alpha value is -3.12. The number of aromatic amines is 1. The Balaban J connectivity index is 0.000000366. The fourth-order valence-corrected chi connectivity index (χ4v) is 1.02. The first-order valence-electron chi connectivity index (χ1n) is 5.79. The Bertz CT molecular complexity index is 754. The third kappa shape index (κ3) is 8.34. The molecule has 0 unspecified atom stereocenters. The summed E-state index contributed by atoms with van der Waals surface area (Å²) in [6, 6.07) is 7.24. The number of hydrogen-bond donors (Lipinski definition) is 3. The molecule has 0 bridgehead atoms. The molecule has 0 atom stereocenters. The smallest absolute Gasteiger partial charge is 0.475 e. The van der Waals surface area contributed by atoms with Gasteiger partial charge in [0, 0.05) is 0 Å². The molecular formula is C12H8F6N2O5. The Morgan fingerprint density at radius 3 is 1.68 bits per heavy atom. The van der Waals surface area contributed by atoms with E-state index >= 15 is 0 Å². The molecule has 1 heterocycles. The summed E-state index contributed by atoms with van der Waals surface area (Å²) in [7, 11) is 0. The van der Waals surface area contributed by atoms with Crippen LogP contribution in [0.5, 0.6) is 0 Å². The number of alkyl halides is 6. The highest BCUT2D eigenvalue weighted by atomic mass is 19.4. The molecule has 13 heteroatoms. The number of aliphatic carboxylic acids is 2. The van der Waals surface area contributed by atoms with Gasteiger partial charge >= 0.3 is 24.3 Å². The van der Waals surface area contributed by atoms with E-state index in [9.17, 15) is 31.1 Å². The molecule has 1 aromatic carbocycles. The minimum Gasteiger partial charge on any atom is -0.475 e. The molecule has 0 aliphatic rings. The maximum atomic E-state index is 11.1. The molecule has 0 aliphatic carbocycles. The van der Waals surface area contributed by atoms with E-state index in [0.29, 0.717) is 5.39 Å². The Kier molecular flexibility index (Phi) is 7.57. The number of rotatable bonds is 0. The van der Waals surface area contributed by atoms with E-state index < -0.39 is 24.3 Å². The number of carbonyl (C=O) groups is 2. The van der Waals surface area contributed by atoms with Gasteiger partial charge in [-0.1, -0.05) is 12.1 Å². The highest BCUT2D eigenvalue weighted by Crippen LogP contribution is 2.13. The quantitative estimate of drug-likeness (QED) is 0.608. The van der Waals surface area contributed by atoms with Crippen molar-refractivity contribution in [3.63, 3.8) is 0 Å². The van der Waals surface area contributed by atoms with Gasteiger partial charge in [0.2, 0.25) is 0 Å². The number of fused-ring (bicyclic) bond motifs is 1. The maximum absolute atomic E-state index is 11.1. The number of para-hydroxylation sites is 1. The van der Waals surface area contributed by atoms with E-state index in [0.717, 1.165) is 5.52 Å². The lowest BCUT2D eigenvalue weighted by Crippen LogP contribution is -2.21. The second-order valence-electron chi connectivity index (χ2n) is 3.85. The molecule has 3 N–H and O–H groups in total. The van der Waals surface area contributed by atoms with Crippen molar-refractivity contribution in [1.82, 2.24) is 9.97 Å². The lowest BCUT2D eigenvalue weighted by molar-refractivity contribution is -0.193. The number of hydrogen-bond acceptors (Lipinski definition) is 4. The summed E-state index contributed by atoms with van der Waals surface area (Å²) in [5, 5.41) is 14.9. The van der Waals surface area contributed by atoms with Crippen LogP contribution in [-0.4, -0.2) is 44.5 Å². The summed E-state index contributed by atoms with van der Waals surface area (Å²) < 4.78 is 63.5. The van der Waals surface area contributed by atoms with Crippen LogP contribution in [-0.2, 0) is 9.59 Å². The van der Waals surface area contributed by atoms with Crippen LogP contribution < -0.4 is 5.56 Å². The zero-order valence-corrected chi connectivity index (χ0v) is 11.7. The van der Waals surface area contributed by atoms with Gasteiger partial charge in [-0.05, 0) is 12.1 Å². The highest BCUT2D eigenvalue weighted by Gasteiger charge is 2.38. The van der Waals surface area contributed by atoms with Crippen molar-refractivity contribution >= 4 is 22.8 Å². The van der Waals surface area contributed by atoms with Crippen LogP contribution in [0.3, 0.4) is 0 Å². The molecule has 0 radical (unpaired) electrons. The van der Waals surface area contributed by atoms with Crippen LogP contribution in [0.1, 0.15) is 0 Å². The van der Waals surface area contributed by atoms with Crippen LogP contribution in [0.4, 0.5) is 26.3 Å². The van der Waals surface area contributed by atoms with Gasteiger partial charge in [-0.3, -0.25) is 4.79 Å². The lowest BCUT2D eigenvalue weighted by atomic mass is 10.2. The van der Waals surface area contributed by atoms with Gasteiger partial charge in [-0.2, -0.15) is 26.3 Å². The van der Waals surface area contributed by atoms with Crippen LogP contribution >= 0.6 is 0 Å². The van der Waals surface area contributed by atoms with Crippen LogP contribution in [0.15, 0.2) is 35.4 Å². The van der Waals surface area contributed by atoms with Crippen molar-refractivity contribution in [3.05, 3.63) is 40.9 Å². The number of benzene rings is 1. The molecule has 2 rings (SSSR count). The first kappa shape index (κ1) is 21.9. The number of nitrogens with zero attached hydrogens (tertiary/aromatic N) is 1. The molecule has 0 spiro atoms. The summed E-state index contributed by atoms with van der Waals surface area (Å²) in [5.41, 5.74) is 0.645. The van der Waals surface area contributed by atoms with E-state index in [1.165, 1.54) is 6.33 Å². The largest absolute Gasteiger partial charge is 0.490 e. The number of carboxylic acid groups (broad SMARTS) is 2. The first-order valence-corrected chi connectivity index (χ1v) is 5.79. The minimum absolute atomic E-state index is 0.0874. The predicted octanol–water partition coefficient (Wildman–Crippen LogP) is 2.19. The monoisotopic (exact) mass is 374 g/mol. The Morgan fingerprint density at radius 2 is 1.32 bits per heavy atom. The Labute approximate surface area is 133 Å². The zero-order valence-electron chi connectivity index (χ0n) is 11.7. The lowest BCUT2D eigenvalue weighted by Gasteiger charge is -1.93. The third-order valence-electron chi connectivity index (χ3n) is 2.03. The van der Waals surface area contributed by atoms with Gasteiger partial charge in [0.05, 0.1) is 17.2 Å². The summed E-state index contributed by atoms with van der Waals surface area (Å²) >= 11 is 0. The van der Waals surface area contributed by atoms with Gasteiger partial charge < -0.3 is 15.2 Å². The molecule has 25 heavy (non-hydrogen) atoms. The van der Waals surface area contributed by atoms with E-state index in [1.54, 1.807) is 6.07 Å². The standard InChI is InChI=1S/C8H6N2O.2C2HF3O2/c11-8-6-3-1-2-4-7(6)9-5-10-8;2*3-2(4,5)1(6)7/h1-5H,(H,9,10,11);2*(H,6,7). The van der Waals surface area contributed by atoms with Crippen molar-refractivity contribution in [2.75, 3.05) is 0 Å². The highest BCUT2D eigenvalue weighted by molar-refractivity contribution is 5.76. The van der Waals surface area contributed by atoms with E-state index in [1.807, 2.05) is 18.2 Å². The molecule has 2 aromatic rings. The van der Waals surface area contributed by atoms with Crippen molar-refractivity contribution in [2.24, 2.45) is 0 Å². The summed E-state index contributed by atoms with van der Waals surface area (Å²) in [6.07, 6.45) is -8.76. The average molecular weight is 374 g/mol. The summed E-state index contributed by atoms with van der Waals surface area (Å²) in [5.74, 6) is -5.51. The molecule has 0 fully saturated rings. The number of halogens is 6. The molecular weight excluding hydrogens is 366 g/mol. The van der Waals surface area contributed by atoms with Gasteiger partial charge in [-0.25, -0.2) is 14.6 Å². The molecule has 0 aliphatic heterocycles. The van der Waals surface area contributed by atoms with E-state index in [2.05, 4.69) is 9.97 Å². The van der Waals surface area contributed by atoms with Gasteiger partial charge in [0.1, 0.15) is 0 Å². The first-order chi connectivity index (χ1) is 11.3. The summed E-state index contributed by atoms with van der Waals surface area (Å²) in [4.78, 5) is 35.4. The van der Waals surface area contributed by atoms with Crippen LogP contribution in [0.2, 0.25) is 0 Å². The van der Waals surface area contributed by atoms with Crippen LogP contribution in [0.25, 0.3) is 10.9 Å². The molecule has 138 valence electrons. The summed E-state index contributed by atoms with van der Waals surface area (Å²) in [6.45, 7) is 0. The topological polar surface area (TPSA) is 120 Å².